The van der Waals surface area contributed by atoms with Crippen molar-refractivity contribution in [2.45, 2.75) is 25.2 Å². The lowest BCUT2D eigenvalue weighted by Gasteiger charge is -2.18. The van der Waals surface area contributed by atoms with Crippen molar-refractivity contribution in [1.29, 1.82) is 0 Å². The van der Waals surface area contributed by atoms with Crippen LogP contribution in [-0.4, -0.2) is 32.6 Å². The zero-order chi connectivity index (χ0) is 11.4. The molecule has 1 aromatic heterocycles. The minimum Gasteiger partial charge on any atom is -0.350 e. The SMILES string of the molecule is CNC(Cc1cc(Br)cs1)CC1OCCO1. The Kier molecular flexibility index (Phi) is 4.79. The standard InChI is InChI=1S/C11H16BrNO2S/c1-13-9(6-11-14-2-3-15-11)5-10-4-8(12)7-16-10/h4,7,9,11,13H,2-3,5-6H2,1H3. The van der Waals surface area contributed by atoms with Gasteiger partial charge >= 0.3 is 0 Å². The molecule has 1 fully saturated rings. The van der Waals surface area contributed by atoms with Crippen LogP contribution >= 0.6 is 27.3 Å². The summed E-state index contributed by atoms with van der Waals surface area (Å²) in [5, 5.41) is 5.43. The monoisotopic (exact) mass is 305 g/mol. The number of likely N-dealkylation sites (N-methyl/N-ethyl adjacent to an activating group) is 1. The molecular formula is C11H16BrNO2S. The van der Waals surface area contributed by atoms with Crippen LogP contribution in [0.1, 0.15) is 11.3 Å². The molecule has 1 atom stereocenters. The van der Waals surface area contributed by atoms with Gasteiger partial charge in [0.1, 0.15) is 0 Å². The van der Waals surface area contributed by atoms with Crippen molar-refractivity contribution >= 4 is 27.3 Å². The minimum atomic E-state index is -0.0270. The van der Waals surface area contributed by atoms with Gasteiger partial charge in [0.25, 0.3) is 0 Å². The molecule has 1 aromatic rings. The highest BCUT2D eigenvalue weighted by molar-refractivity contribution is 9.10. The number of nitrogens with one attached hydrogen (secondary N) is 1. The van der Waals surface area contributed by atoms with Crippen molar-refractivity contribution in [2.24, 2.45) is 0 Å². The van der Waals surface area contributed by atoms with Crippen molar-refractivity contribution < 1.29 is 9.47 Å². The molecule has 1 aliphatic heterocycles. The Hall–Kier alpha value is 0.0600. The second-order valence-corrected chi connectivity index (χ2v) is 5.74. The zero-order valence-electron chi connectivity index (χ0n) is 9.24. The van der Waals surface area contributed by atoms with Crippen molar-refractivity contribution in [3.8, 4) is 0 Å². The van der Waals surface area contributed by atoms with Crippen LogP contribution in [0.4, 0.5) is 0 Å². The maximum Gasteiger partial charge on any atom is 0.159 e. The van der Waals surface area contributed by atoms with Gasteiger partial charge in [0.05, 0.1) is 13.2 Å². The number of halogens is 1. The number of thiophene rings is 1. The largest absolute Gasteiger partial charge is 0.350 e. The summed E-state index contributed by atoms with van der Waals surface area (Å²) in [6.45, 7) is 1.46. The molecule has 16 heavy (non-hydrogen) atoms. The average Bonchev–Trinajstić information content (AvgIpc) is 2.89. The van der Waals surface area contributed by atoms with Gasteiger partial charge in [-0.1, -0.05) is 0 Å². The lowest BCUT2D eigenvalue weighted by atomic mass is 10.1. The predicted molar refractivity (Wildman–Crippen MR) is 68.9 cm³/mol. The van der Waals surface area contributed by atoms with Crippen molar-refractivity contribution in [2.75, 3.05) is 20.3 Å². The Bertz CT molecular complexity index is 326. The summed E-state index contributed by atoms with van der Waals surface area (Å²) in [5.41, 5.74) is 0. The molecule has 0 aliphatic carbocycles. The van der Waals surface area contributed by atoms with Crippen LogP contribution in [0.2, 0.25) is 0 Å². The van der Waals surface area contributed by atoms with Crippen LogP contribution < -0.4 is 5.32 Å². The summed E-state index contributed by atoms with van der Waals surface area (Å²) in [4.78, 5) is 1.38. The van der Waals surface area contributed by atoms with Crippen LogP contribution in [0.15, 0.2) is 15.9 Å². The number of ether oxygens (including phenoxy) is 2. The van der Waals surface area contributed by atoms with E-state index < -0.39 is 0 Å². The van der Waals surface area contributed by atoms with Gasteiger partial charge in [-0.3, -0.25) is 0 Å². The van der Waals surface area contributed by atoms with E-state index in [0.717, 1.165) is 30.5 Å². The molecular weight excluding hydrogens is 290 g/mol. The molecule has 1 aliphatic rings. The van der Waals surface area contributed by atoms with Gasteiger partial charge in [-0.05, 0) is 35.5 Å². The lowest BCUT2D eigenvalue weighted by molar-refractivity contribution is -0.0522. The van der Waals surface area contributed by atoms with E-state index in [1.165, 1.54) is 4.88 Å². The van der Waals surface area contributed by atoms with E-state index in [2.05, 4.69) is 32.7 Å². The molecule has 0 aromatic carbocycles. The fraction of sp³-hybridized carbons (Fsp3) is 0.636. The molecule has 2 heterocycles. The summed E-state index contributed by atoms with van der Waals surface area (Å²) in [6, 6.07) is 2.58. The maximum absolute atomic E-state index is 5.46. The van der Waals surface area contributed by atoms with Crippen LogP contribution in [0.25, 0.3) is 0 Å². The number of rotatable bonds is 5. The Labute approximate surface area is 108 Å². The smallest absolute Gasteiger partial charge is 0.159 e. The predicted octanol–water partition coefficient (Wildman–Crippen LogP) is 2.40. The first-order valence-corrected chi connectivity index (χ1v) is 7.08. The molecule has 0 bridgehead atoms. The van der Waals surface area contributed by atoms with E-state index in [1.807, 2.05) is 7.05 Å². The van der Waals surface area contributed by atoms with Crippen LogP contribution in [0.5, 0.6) is 0 Å². The molecule has 1 saturated heterocycles. The van der Waals surface area contributed by atoms with E-state index in [0.29, 0.717) is 6.04 Å². The first-order valence-electron chi connectivity index (χ1n) is 5.41. The van der Waals surface area contributed by atoms with Gasteiger partial charge in [0.15, 0.2) is 6.29 Å². The second kappa shape index (κ2) is 6.12. The highest BCUT2D eigenvalue weighted by Gasteiger charge is 2.21. The molecule has 5 heteroatoms. The maximum atomic E-state index is 5.46. The van der Waals surface area contributed by atoms with E-state index in [9.17, 15) is 0 Å². The fourth-order valence-electron chi connectivity index (χ4n) is 1.78. The molecule has 2 rings (SSSR count). The zero-order valence-corrected chi connectivity index (χ0v) is 11.6. The molecule has 0 saturated carbocycles. The summed E-state index contributed by atoms with van der Waals surface area (Å²) in [7, 11) is 1.99. The molecule has 3 nitrogen and oxygen atoms in total. The van der Waals surface area contributed by atoms with Gasteiger partial charge in [-0.15, -0.1) is 11.3 Å². The van der Waals surface area contributed by atoms with Crippen molar-refractivity contribution in [3.05, 3.63) is 20.8 Å². The average molecular weight is 306 g/mol. The van der Waals surface area contributed by atoms with Gasteiger partial charge in [0.2, 0.25) is 0 Å². The quantitative estimate of drug-likeness (QED) is 0.906. The molecule has 0 spiro atoms. The van der Waals surface area contributed by atoms with Gasteiger partial charge in [-0.25, -0.2) is 0 Å². The summed E-state index contributed by atoms with van der Waals surface area (Å²) >= 11 is 5.26. The fourth-order valence-corrected chi connectivity index (χ4v) is 3.32. The van der Waals surface area contributed by atoms with Crippen LogP contribution in [0.3, 0.4) is 0 Å². The topological polar surface area (TPSA) is 30.5 Å². The van der Waals surface area contributed by atoms with Crippen LogP contribution in [0, 0.1) is 0 Å². The van der Waals surface area contributed by atoms with Gasteiger partial charge in [-0.2, -0.15) is 0 Å². The number of hydrogen-bond donors (Lipinski definition) is 1. The van der Waals surface area contributed by atoms with E-state index >= 15 is 0 Å². The highest BCUT2D eigenvalue weighted by atomic mass is 79.9. The molecule has 1 N–H and O–H groups in total. The van der Waals surface area contributed by atoms with Crippen molar-refractivity contribution in [3.63, 3.8) is 0 Å². The second-order valence-electron chi connectivity index (χ2n) is 3.83. The van der Waals surface area contributed by atoms with Crippen LogP contribution in [-0.2, 0) is 15.9 Å². The Morgan fingerprint density at radius 2 is 2.31 bits per heavy atom. The minimum absolute atomic E-state index is 0.0270. The number of hydrogen-bond acceptors (Lipinski definition) is 4. The van der Waals surface area contributed by atoms with E-state index in [1.54, 1.807) is 11.3 Å². The van der Waals surface area contributed by atoms with Crippen molar-refractivity contribution in [1.82, 2.24) is 5.32 Å². The third-order valence-electron chi connectivity index (χ3n) is 2.65. The highest BCUT2D eigenvalue weighted by Crippen LogP contribution is 2.22. The van der Waals surface area contributed by atoms with E-state index in [-0.39, 0.29) is 6.29 Å². The molecule has 0 radical (unpaired) electrons. The third kappa shape index (κ3) is 3.53. The Balaban J connectivity index is 1.84. The normalized spacial score (nSPS) is 19.1. The molecule has 1 unspecified atom stereocenters. The molecule has 90 valence electrons. The third-order valence-corrected chi connectivity index (χ3v) is 4.37. The Morgan fingerprint density at radius 1 is 1.56 bits per heavy atom. The van der Waals surface area contributed by atoms with Gasteiger partial charge < -0.3 is 14.8 Å². The summed E-state index contributed by atoms with van der Waals surface area (Å²) < 4.78 is 12.1. The summed E-state index contributed by atoms with van der Waals surface area (Å²) in [6.07, 6.45) is 1.91. The first-order chi connectivity index (χ1) is 7.78. The van der Waals surface area contributed by atoms with Gasteiger partial charge in [0, 0.05) is 27.2 Å². The first kappa shape index (κ1) is 12.5. The van der Waals surface area contributed by atoms with E-state index in [4.69, 9.17) is 9.47 Å². The summed E-state index contributed by atoms with van der Waals surface area (Å²) in [5.74, 6) is 0. The Morgan fingerprint density at radius 3 is 2.88 bits per heavy atom. The lowest BCUT2D eigenvalue weighted by Crippen LogP contribution is -2.32. The molecule has 0 amide bonds.